The van der Waals surface area contributed by atoms with E-state index in [1.807, 2.05) is 14.1 Å². The first kappa shape index (κ1) is 18.9. The zero-order valence-electron chi connectivity index (χ0n) is 15.1. The van der Waals surface area contributed by atoms with Crippen LogP contribution in [0, 0.1) is 0 Å². The van der Waals surface area contributed by atoms with Crippen molar-refractivity contribution in [3.63, 3.8) is 0 Å². The molecule has 0 bridgehead atoms. The van der Waals surface area contributed by atoms with Crippen molar-refractivity contribution in [2.45, 2.75) is 6.92 Å². The van der Waals surface area contributed by atoms with Crippen molar-refractivity contribution in [1.82, 2.24) is 24.9 Å². The standard InChI is InChI=1S/C16H26N6O3/c1-4-25-16(24)22-11-9-21(10-12-22)15(23)13-5-6-14(19-18-13)17-7-8-20(2)3/h5-6H,4,7-12H2,1-3H3,(H,17,19). The molecule has 9 heteroatoms. The van der Waals surface area contributed by atoms with Gasteiger partial charge in [0.05, 0.1) is 6.61 Å². The van der Waals surface area contributed by atoms with Crippen molar-refractivity contribution in [3.8, 4) is 0 Å². The number of hydrogen-bond acceptors (Lipinski definition) is 7. The van der Waals surface area contributed by atoms with E-state index in [1.54, 1.807) is 28.9 Å². The van der Waals surface area contributed by atoms with E-state index in [-0.39, 0.29) is 12.0 Å². The highest BCUT2D eigenvalue weighted by molar-refractivity contribution is 5.92. The van der Waals surface area contributed by atoms with Crippen LogP contribution in [-0.4, -0.2) is 96.9 Å². The average molecular weight is 350 g/mol. The highest BCUT2D eigenvalue weighted by atomic mass is 16.6. The molecule has 2 rings (SSSR count). The molecule has 0 atom stereocenters. The van der Waals surface area contributed by atoms with Gasteiger partial charge in [0, 0.05) is 39.3 Å². The summed E-state index contributed by atoms with van der Waals surface area (Å²) < 4.78 is 4.97. The minimum Gasteiger partial charge on any atom is -0.450 e. The minimum absolute atomic E-state index is 0.171. The number of anilines is 1. The number of aromatic nitrogens is 2. The summed E-state index contributed by atoms with van der Waals surface area (Å²) in [6.45, 7) is 5.60. The van der Waals surface area contributed by atoms with Gasteiger partial charge in [-0.2, -0.15) is 0 Å². The number of ether oxygens (including phenoxy) is 1. The number of piperazine rings is 1. The Morgan fingerprint density at radius 2 is 1.84 bits per heavy atom. The fourth-order valence-corrected chi connectivity index (χ4v) is 2.42. The van der Waals surface area contributed by atoms with Gasteiger partial charge < -0.3 is 24.8 Å². The van der Waals surface area contributed by atoms with E-state index in [2.05, 4.69) is 20.4 Å². The third kappa shape index (κ3) is 5.56. The largest absolute Gasteiger partial charge is 0.450 e. The molecule has 0 aromatic carbocycles. The van der Waals surface area contributed by atoms with E-state index in [0.717, 1.165) is 13.1 Å². The predicted molar refractivity (Wildman–Crippen MR) is 93.6 cm³/mol. The van der Waals surface area contributed by atoms with E-state index in [0.29, 0.717) is 44.3 Å². The van der Waals surface area contributed by atoms with Crippen molar-refractivity contribution in [1.29, 1.82) is 0 Å². The van der Waals surface area contributed by atoms with Crippen LogP contribution in [0.2, 0.25) is 0 Å². The number of amides is 2. The van der Waals surface area contributed by atoms with Crippen LogP contribution in [0.15, 0.2) is 12.1 Å². The monoisotopic (exact) mass is 350 g/mol. The van der Waals surface area contributed by atoms with Gasteiger partial charge in [0.1, 0.15) is 5.82 Å². The van der Waals surface area contributed by atoms with Crippen molar-refractivity contribution in [3.05, 3.63) is 17.8 Å². The summed E-state index contributed by atoms with van der Waals surface area (Å²) in [4.78, 5) is 29.5. The number of likely N-dealkylation sites (N-methyl/N-ethyl adjacent to an activating group) is 1. The molecule has 2 heterocycles. The van der Waals surface area contributed by atoms with Gasteiger partial charge >= 0.3 is 6.09 Å². The molecule has 0 radical (unpaired) electrons. The van der Waals surface area contributed by atoms with Crippen LogP contribution < -0.4 is 5.32 Å². The lowest BCUT2D eigenvalue weighted by atomic mass is 10.2. The van der Waals surface area contributed by atoms with Crippen LogP contribution >= 0.6 is 0 Å². The lowest BCUT2D eigenvalue weighted by molar-refractivity contribution is 0.0565. The van der Waals surface area contributed by atoms with Crippen LogP contribution in [-0.2, 0) is 4.74 Å². The van der Waals surface area contributed by atoms with Gasteiger partial charge in [-0.15, -0.1) is 10.2 Å². The van der Waals surface area contributed by atoms with Gasteiger partial charge in [-0.05, 0) is 33.2 Å². The van der Waals surface area contributed by atoms with Gasteiger partial charge in [-0.1, -0.05) is 0 Å². The molecule has 1 N–H and O–H groups in total. The summed E-state index contributed by atoms with van der Waals surface area (Å²) in [5.74, 6) is 0.474. The second-order valence-corrected chi connectivity index (χ2v) is 6.01. The van der Waals surface area contributed by atoms with Gasteiger partial charge in [-0.25, -0.2) is 4.79 Å². The zero-order chi connectivity index (χ0) is 18.2. The third-order valence-electron chi connectivity index (χ3n) is 3.84. The molecule has 25 heavy (non-hydrogen) atoms. The molecule has 1 fully saturated rings. The van der Waals surface area contributed by atoms with Crippen molar-refractivity contribution < 1.29 is 14.3 Å². The lowest BCUT2D eigenvalue weighted by Gasteiger charge is -2.33. The fourth-order valence-electron chi connectivity index (χ4n) is 2.42. The van der Waals surface area contributed by atoms with Crippen molar-refractivity contribution in [2.75, 3.05) is 65.3 Å². The molecule has 1 aromatic heterocycles. The normalized spacial score (nSPS) is 14.6. The van der Waals surface area contributed by atoms with Crippen molar-refractivity contribution in [2.24, 2.45) is 0 Å². The summed E-state index contributed by atoms with van der Waals surface area (Å²) in [6, 6.07) is 3.43. The van der Waals surface area contributed by atoms with E-state index in [9.17, 15) is 9.59 Å². The molecular formula is C16H26N6O3. The van der Waals surface area contributed by atoms with Crippen LogP contribution in [0.1, 0.15) is 17.4 Å². The summed E-state index contributed by atoms with van der Waals surface area (Å²) in [6.07, 6.45) is -0.331. The topological polar surface area (TPSA) is 90.9 Å². The fraction of sp³-hybridized carbons (Fsp3) is 0.625. The van der Waals surface area contributed by atoms with Crippen LogP contribution in [0.5, 0.6) is 0 Å². The summed E-state index contributed by atoms with van der Waals surface area (Å²) in [7, 11) is 3.99. The number of rotatable bonds is 6. The smallest absolute Gasteiger partial charge is 0.409 e. The number of nitrogens with one attached hydrogen (secondary N) is 1. The maximum Gasteiger partial charge on any atom is 0.409 e. The molecule has 0 aliphatic carbocycles. The Balaban J connectivity index is 1.84. The third-order valence-corrected chi connectivity index (χ3v) is 3.84. The van der Waals surface area contributed by atoms with E-state index in [1.165, 1.54) is 0 Å². The van der Waals surface area contributed by atoms with Crippen LogP contribution in [0.25, 0.3) is 0 Å². The molecule has 0 spiro atoms. The molecular weight excluding hydrogens is 324 g/mol. The lowest BCUT2D eigenvalue weighted by Crippen LogP contribution is -2.50. The molecule has 1 aliphatic heterocycles. The second kappa shape index (κ2) is 9.16. The molecule has 0 saturated carbocycles. The number of nitrogens with zero attached hydrogens (tertiary/aromatic N) is 5. The minimum atomic E-state index is -0.331. The highest BCUT2D eigenvalue weighted by Gasteiger charge is 2.26. The van der Waals surface area contributed by atoms with Gasteiger partial charge in [0.2, 0.25) is 0 Å². The molecule has 1 aliphatic rings. The molecule has 2 amide bonds. The number of hydrogen-bond donors (Lipinski definition) is 1. The summed E-state index contributed by atoms with van der Waals surface area (Å²) >= 11 is 0. The highest BCUT2D eigenvalue weighted by Crippen LogP contribution is 2.09. The Hall–Kier alpha value is -2.42. The van der Waals surface area contributed by atoms with Crippen LogP contribution in [0.3, 0.4) is 0 Å². The first-order chi connectivity index (χ1) is 12.0. The quantitative estimate of drug-likeness (QED) is 0.792. The molecule has 1 saturated heterocycles. The van der Waals surface area contributed by atoms with Crippen molar-refractivity contribution >= 4 is 17.8 Å². The molecule has 138 valence electrons. The average Bonchev–Trinajstić information content (AvgIpc) is 2.62. The maximum atomic E-state index is 12.5. The number of carbonyl (C=O) groups excluding carboxylic acids is 2. The van der Waals surface area contributed by atoms with Gasteiger partial charge in [-0.3, -0.25) is 4.79 Å². The molecule has 9 nitrogen and oxygen atoms in total. The molecule has 1 aromatic rings. The summed E-state index contributed by atoms with van der Waals surface area (Å²) in [5.41, 5.74) is 0.308. The Morgan fingerprint density at radius 1 is 1.16 bits per heavy atom. The Kier molecular flexibility index (Phi) is 6.93. The predicted octanol–water partition coefficient (Wildman–Crippen LogP) is 0.364. The Morgan fingerprint density at radius 3 is 2.40 bits per heavy atom. The molecule has 0 unspecified atom stereocenters. The Bertz CT molecular complexity index is 570. The summed E-state index contributed by atoms with van der Waals surface area (Å²) in [5, 5.41) is 11.2. The maximum absolute atomic E-state index is 12.5. The Labute approximate surface area is 147 Å². The van der Waals surface area contributed by atoms with E-state index < -0.39 is 0 Å². The second-order valence-electron chi connectivity index (χ2n) is 6.01. The number of carbonyl (C=O) groups is 2. The van der Waals surface area contributed by atoms with Gasteiger partial charge in [0.15, 0.2) is 5.69 Å². The SMILES string of the molecule is CCOC(=O)N1CCN(C(=O)c2ccc(NCCN(C)C)nn2)CC1. The van der Waals surface area contributed by atoms with Gasteiger partial charge in [0.25, 0.3) is 5.91 Å². The van der Waals surface area contributed by atoms with Crippen LogP contribution in [0.4, 0.5) is 10.6 Å². The first-order valence-electron chi connectivity index (χ1n) is 8.44. The zero-order valence-corrected chi connectivity index (χ0v) is 15.1. The first-order valence-corrected chi connectivity index (χ1v) is 8.44. The van der Waals surface area contributed by atoms with E-state index >= 15 is 0 Å². The van der Waals surface area contributed by atoms with E-state index in [4.69, 9.17) is 4.74 Å².